The Balaban J connectivity index is 1.43. The number of amides is 1. The molecule has 0 spiro atoms. The lowest BCUT2D eigenvalue weighted by atomic mass is 9.63. The predicted octanol–water partition coefficient (Wildman–Crippen LogP) is 4.75. The summed E-state index contributed by atoms with van der Waals surface area (Å²) in [6, 6.07) is 14.2. The third kappa shape index (κ3) is 3.46. The van der Waals surface area contributed by atoms with Gasteiger partial charge in [0.1, 0.15) is 0 Å². The van der Waals surface area contributed by atoms with E-state index in [-0.39, 0.29) is 23.5 Å². The topological polar surface area (TPSA) is 38.3 Å². The van der Waals surface area contributed by atoms with Crippen molar-refractivity contribution in [2.45, 2.75) is 37.1 Å². The lowest BCUT2D eigenvalue weighted by Crippen LogP contribution is -2.65. The molecule has 0 radical (unpaired) electrons. The molecule has 1 amide bonds. The van der Waals surface area contributed by atoms with E-state index in [1.807, 2.05) is 18.2 Å². The van der Waals surface area contributed by atoms with Crippen LogP contribution in [0.2, 0.25) is 0 Å². The fourth-order valence-corrected chi connectivity index (χ4v) is 4.01. The van der Waals surface area contributed by atoms with Crippen LogP contribution in [0.4, 0.5) is 13.2 Å². The number of hydrogen-bond donors (Lipinski definition) is 1. The van der Waals surface area contributed by atoms with Gasteiger partial charge in [-0.3, -0.25) is 4.79 Å². The SMILES string of the molecule is O=C(N[C@@]12CC[C@@H]1C[C@@H](c1ccc(C(F)(F)F)cc1)OC2)c1ccccc1. The van der Waals surface area contributed by atoms with Crippen molar-refractivity contribution in [1.82, 2.24) is 5.32 Å². The number of carbonyl (C=O) groups is 1. The molecule has 142 valence electrons. The van der Waals surface area contributed by atoms with Gasteiger partial charge in [-0.25, -0.2) is 0 Å². The number of alkyl halides is 3. The molecule has 1 saturated carbocycles. The van der Waals surface area contributed by atoms with E-state index in [0.717, 1.165) is 30.5 Å². The Kier molecular flexibility index (Phi) is 4.46. The van der Waals surface area contributed by atoms with Crippen molar-refractivity contribution < 1.29 is 22.7 Å². The third-order valence-corrected chi connectivity index (χ3v) is 5.77. The molecule has 3 nitrogen and oxygen atoms in total. The number of hydrogen-bond acceptors (Lipinski definition) is 2. The Morgan fingerprint density at radius 3 is 2.33 bits per heavy atom. The van der Waals surface area contributed by atoms with Gasteiger partial charge >= 0.3 is 6.18 Å². The number of nitrogens with one attached hydrogen (secondary N) is 1. The first-order valence-corrected chi connectivity index (χ1v) is 9.04. The van der Waals surface area contributed by atoms with Gasteiger partial charge in [-0.05, 0) is 55.0 Å². The summed E-state index contributed by atoms with van der Waals surface area (Å²) in [5, 5.41) is 3.14. The maximum Gasteiger partial charge on any atom is 0.416 e. The van der Waals surface area contributed by atoms with Crippen LogP contribution in [0.3, 0.4) is 0 Å². The number of benzene rings is 2. The van der Waals surface area contributed by atoms with Gasteiger partial charge in [-0.1, -0.05) is 30.3 Å². The molecule has 27 heavy (non-hydrogen) atoms. The molecule has 4 rings (SSSR count). The maximum absolute atomic E-state index is 12.7. The summed E-state index contributed by atoms with van der Waals surface area (Å²) in [4.78, 5) is 12.5. The second kappa shape index (κ2) is 6.68. The van der Waals surface area contributed by atoms with Crippen molar-refractivity contribution in [1.29, 1.82) is 0 Å². The minimum absolute atomic E-state index is 0.114. The molecule has 1 N–H and O–H groups in total. The predicted molar refractivity (Wildman–Crippen MR) is 94.1 cm³/mol. The second-order valence-electron chi connectivity index (χ2n) is 7.37. The Hall–Kier alpha value is -2.34. The number of carbonyl (C=O) groups excluding carboxylic acids is 1. The summed E-state index contributed by atoms with van der Waals surface area (Å²) in [5.74, 6) is 0.156. The maximum atomic E-state index is 12.7. The third-order valence-electron chi connectivity index (χ3n) is 5.77. The Bertz CT molecular complexity index is 820. The zero-order valence-corrected chi connectivity index (χ0v) is 14.6. The lowest BCUT2D eigenvalue weighted by molar-refractivity contribution is -0.137. The van der Waals surface area contributed by atoms with Gasteiger partial charge in [0.15, 0.2) is 0 Å². The Morgan fingerprint density at radius 1 is 1.07 bits per heavy atom. The molecular weight excluding hydrogens is 355 g/mol. The van der Waals surface area contributed by atoms with Gasteiger partial charge in [0, 0.05) is 5.56 Å². The van der Waals surface area contributed by atoms with Gasteiger partial charge in [0.05, 0.1) is 23.8 Å². The summed E-state index contributed by atoms with van der Waals surface area (Å²) in [6.07, 6.45) is -2.04. The number of halogens is 3. The Morgan fingerprint density at radius 2 is 1.78 bits per heavy atom. The van der Waals surface area contributed by atoms with Crippen molar-refractivity contribution >= 4 is 5.91 Å². The Labute approximate surface area is 155 Å². The van der Waals surface area contributed by atoms with Crippen molar-refractivity contribution in [2.75, 3.05) is 6.61 Å². The van der Waals surface area contributed by atoms with E-state index >= 15 is 0 Å². The number of fused-ring (bicyclic) bond motifs is 1. The highest BCUT2D eigenvalue weighted by Gasteiger charge is 2.52. The van der Waals surface area contributed by atoms with E-state index in [4.69, 9.17) is 4.74 Å². The van der Waals surface area contributed by atoms with Crippen LogP contribution in [0, 0.1) is 5.92 Å². The summed E-state index contributed by atoms with van der Waals surface area (Å²) in [6.45, 7) is 0.377. The van der Waals surface area contributed by atoms with Gasteiger partial charge < -0.3 is 10.1 Å². The van der Waals surface area contributed by atoms with Crippen molar-refractivity contribution in [3.8, 4) is 0 Å². The molecule has 1 saturated heterocycles. The molecule has 1 heterocycles. The molecule has 1 aliphatic carbocycles. The normalized spacial score (nSPS) is 27.4. The lowest BCUT2D eigenvalue weighted by Gasteiger charge is -2.54. The zero-order valence-electron chi connectivity index (χ0n) is 14.6. The fraction of sp³-hybridized carbons (Fsp3) is 0.381. The quantitative estimate of drug-likeness (QED) is 0.841. The molecule has 3 atom stereocenters. The van der Waals surface area contributed by atoms with E-state index < -0.39 is 11.7 Å². The minimum Gasteiger partial charge on any atom is -0.371 e. The molecule has 0 unspecified atom stereocenters. The average molecular weight is 375 g/mol. The smallest absolute Gasteiger partial charge is 0.371 e. The highest BCUT2D eigenvalue weighted by molar-refractivity contribution is 5.94. The van der Waals surface area contributed by atoms with Gasteiger partial charge in [-0.15, -0.1) is 0 Å². The van der Waals surface area contributed by atoms with Crippen LogP contribution in [0.5, 0.6) is 0 Å². The molecule has 2 aliphatic rings. The monoisotopic (exact) mass is 375 g/mol. The average Bonchev–Trinajstić information content (AvgIpc) is 2.65. The summed E-state index contributed by atoms with van der Waals surface area (Å²) >= 11 is 0. The second-order valence-corrected chi connectivity index (χ2v) is 7.37. The molecule has 0 aromatic heterocycles. The van der Waals surface area contributed by atoms with Crippen LogP contribution in [0.15, 0.2) is 54.6 Å². The van der Waals surface area contributed by atoms with E-state index in [1.165, 1.54) is 12.1 Å². The van der Waals surface area contributed by atoms with Gasteiger partial charge in [-0.2, -0.15) is 13.2 Å². The summed E-state index contributed by atoms with van der Waals surface area (Å²) < 4.78 is 44.1. The number of rotatable bonds is 3. The van der Waals surface area contributed by atoms with Crippen molar-refractivity contribution in [3.05, 3.63) is 71.3 Å². The van der Waals surface area contributed by atoms with Crippen LogP contribution in [-0.2, 0) is 10.9 Å². The van der Waals surface area contributed by atoms with E-state index in [0.29, 0.717) is 18.6 Å². The standard InChI is InChI=1S/C21H20F3NO2/c22-21(23,24)16-8-6-14(7-9-16)18-12-17-10-11-20(17,13-27-18)25-19(26)15-4-2-1-3-5-15/h1-9,17-18H,10-13H2,(H,25,26)/t17-,18+,20-/m1/s1. The summed E-state index contributed by atoms with van der Waals surface area (Å²) in [5.41, 5.74) is 0.338. The van der Waals surface area contributed by atoms with Crippen LogP contribution in [-0.4, -0.2) is 18.1 Å². The van der Waals surface area contributed by atoms with Crippen molar-refractivity contribution in [2.24, 2.45) is 5.92 Å². The summed E-state index contributed by atoms with van der Waals surface area (Å²) in [7, 11) is 0. The molecule has 2 aromatic carbocycles. The van der Waals surface area contributed by atoms with Crippen LogP contribution >= 0.6 is 0 Å². The van der Waals surface area contributed by atoms with E-state index in [1.54, 1.807) is 12.1 Å². The molecule has 2 aromatic rings. The van der Waals surface area contributed by atoms with E-state index in [2.05, 4.69) is 5.32 Å². The minimum atomic E-state index is -4.34. The molecule has 2 fully saturated rings. The zero-order chi connectivity index (χ0) is 19.1. The number of ether oxygens (including phenoxy) is 1. The van der Waals surface area contributed by atoms with Crippen molar-refractivity contribution in [3.63, 3.8) is 0 Å². The van der Waals surface area contributed by atoms with Crippen LogP contribution in [0.1, 0.15) is 46.9 Å². The highest BCUT2D eigenvalue weighted by atomic mass is 19.4. The molecule has 0 bridgehead atoms. The largest absolute Gasteiger partial charge is 0.416 e. The van der Waals surface area contributed by atoms with Crippen LogP contribution in [0.25, 0.3) is 0 Å². The fourth-order valence-electron chi connectivity index (χ4n) is 4.01. The first kappa shape index (κ1) is 18.0. The van der Waals surface area contributed by atoms with E-state index in [9.17, 15) is 18.0 Å². The molecular formula is C21H20F3NO2. The highest BCUT2D eigenvalue weighted by Crippen LogP contribution is 2.49. The van der Waals surface area contributed by atoms with Gasteiger partial charge in [0.2, 0.25) is 0 Å². The van der Waals surface area contributed by atoms with Crippen LogP contribution < -0.4 is 5.32 Å². The molecule has 6 heteroatoms. The first-order valence-electron chi connectivity index (χ1n) is 9.04. The van der Waals surface area contributed by atoms with Gasteiger partial charge in [0.25, 0.3) is 5.91 Å². The molecule has 1 aliphatic heterocycles. The first-order chi connectivity index (χ1) is 12.9.